The molecule has 12 heteroatoms. The number of rotatable bonds is 5. The molecule has 0 radical (unpaired) electrons. The zero-order valence-corrected chi connectivity index (χ0v) is 32.1. The Morgan fingerprint density at radius 3 is 2.06 bits per heavy atom. The number of carbonyl (C=O) groups excluding carboxylic acids is 2. The molecule has 2 unspecified atom stereocenters. The molecule has 1 aliphatic carbocycles. The van der Waals surface area contributed by atoms with E-state index in [1.54, 1.807) is 39.8 Å². The fourth-order valence-electron chi connectivity index (χ4n) is 8.48. The van der Waals surface area contributed by atoms with E-state index in [1.165, 1.54) is 54.4 Å². The Morgan fingerprint density at radius 1 is 0.774 bits per heavy atom. The van der Waals surface area contributed by atoms with Crippen LogP contribution in [0.25, 0.3) is 11.3 Å². The average Bonchev–Trinajstić information content (AvgIpc) is 3.82. The summed E-state index contributed by atoms with van der Waals surface area (Å²) in [5.74, 6) is 0.491. The van der Waals surface area contributed by atoms with Gasteiger partial charge in [-0.05, 0) is 76.2 Å². The molecule has 1 fully saturated rings. The lowest BCUT2D eigenvalue weighted by Crippen LogP contribution is -2.43. The summed E-state index contributed by atoms with van der Waals surface area (Å²) in [6, 6.07) is 20.9. The van der Waals surface area contributed by atoms with Gasteiger partial charge < -0.3 is 9.80 Å². The SMILES string of the molecule is CCCC1c2ccccc2CCN1C(=O)c1cc2ncc(Br)cn2n1.O=C(c1cc2ncc(Cl)cn2n1)N1CCc2ccccc2C1C1CCCCC1. The van der Waals surface area contributed by atoms with Gasteiger partial charge in [0.2, 0.25) is 0 Å². The van der Waals surface area contributed by atoms with Crippen LogP contribution in [0.5, 0.6) is 0 Å². The first-order chi connectivity index (χ1) is 25.9. The third kappa shape index (κ3) is 7.21. The first-order valence-electron chi connectivity index (χ1n) is 18.7. The Hall–Kier alpha value is -4.61. The van der Waals surface area contributed by atoms with E-state index in [9.17, 15) is 9.59 Å². The summed E-state index contributed by atoms with van der Waals surface area (Å²) >= 11 is 9.40. The van der Waals surface area contributed by atoms with Gasteiger partial charge in [0.15, 0.2) is 22.7 Å². The van der Waals surface area contributed by atoms with E-state index in [1.807, 2.05) is 11.1 Å². The van der Waals surface area contributed by atoms with Gasteiger partial charge in [-0.2, -0.15) is 10.2 Å². The molecule has 3 aliphatic rings. The van der Waals surface area contributed by atoms with Gasteiger partial charge in [0.05, 0.1) is 27.8 Å². The number of benzene rings is 2. The van der Waals surface area contributed by atoms with Crippen LogP contribution in [0, 0.1) is 5.92 Å². The fraction of sp³-hybridized carbons (Fsp3) is 0.366. The van der Waals surface area contributed by atoms with Crippen molar-refractivity contribution in [2.45, 2.75) is 76.8 Å². The Bertz CT molecular complexity index is 2280. The van der Waals surface area contributed by atoms with Crippen molar-refractivity contribution in [3.8, 4) is 0 Å². The number of amides is 2. The van der Waals surface area contributed by atoms with Crippen LogP contribution < -0.4 is 0 Å². The number of hydrogen-bond acceptors (Lipinski definition) is 6. The molecule has 0 saturated heterocycles. The molecule has 0 spiro atoms. The van der Waals surface area contributed by atoms with Crippen molar-refractivity contribution in [2.75, 3.05) is 13.1 Å². The third-order valence-corrected chi connectivity index (χ3v) is 11.5. The number of fused-ring (bicyclic) bond motifs is 4. The molecule has 6 aromatic rings. The molecular weight excluding hydrogens is 752 g/mol. The molecule has 4 aromatic heterocycles. The summed E-state index contributed by atoms with van der Waals surface area (Å²) in [6.45, 7) is 3.62. The normalized spacial score (nSPS) is 18.7. The van der Waals surface area contributed by atoms with E-state index in [0.29, 0.717) is 33.6 Å². The van der Waals surface area contributed by atoms with Crippen LogP contribution >= 0.6 is 27.5 Å². The number of halogens is 2. The highest BCUT2D eigenvalue weighted by Gasteiger charge is 2.38. The summed E-state index contributed by atoms with van der Waals surface area (Å²) < 4.78 is 4.06. The van der Waals surface area contributed by atoms with Crippen LogP contribution in [0.1, 0.15) is 107 Å². The quantitative estimate of drug-likeness (QED) is 0.173. The van der Waals surface area contributed by atoms with Crippen LogP contribution in [0.15, 0.2) is 89.9 Å². The zero-order chi connectivity index (χ0) is 36.5. The van der Waals surface area contributed by atoms with E-state index < -0.39 is 0 Å². The molecule has 2 aliphatic heterocycles. The second-order valence-corrected chi connectivity index (χ2v) is 15.6. The molecule has 10 nitrogen and oxygen atoms in total. The molecule has 2 amide bonds. The van der Waals surface area contributed by atoms with Crippen LogP contribution in [0.4, 0.5) is 0 Å². The van der Waals surface area contributed by atoms with Gasteiger partial charge in [0.1, 0.15) is 0 Å². The van der Waals surface area contributed by atoms with Crippen molar-refractivity contribution in [3.05, 3.63) is 129 Å². The molecule has 2 aromatic carbocycles. The monoisotopic (exact) mass is 792 g/mol. The first kappa shape index (κ1) is 35.4. The largest absolute Gasteiger partial charge is 0.330 e. The smallest absolute Gasteiger partial charge is 0.274 e. The number of nitrogens with zero attached hydrogens (tertiary/aromatic N) is 8. The van der Waals surface area contributed by atoms with E-state index >= 15 is 0 Å². The first-order valence-corrected chi connectivity index (χ1v) is 19.8. The van der Waals surface area contributed by atoms with Crippen LogP contribution in [0.2, 0.25) is 5.02 Å². The lowest BCUT2D eigenvalue weighted by atomic mass is 9.77. The van der Waals surface area contributed by atoms with Gasteiger partial charge in [-0.15, -0.1) is 0 Å². The van der Waals surface area contributed by atoms with Crippen LogP contribution in [-0.4, -0.2) is 63.9 Å². The summed E-state index contributed by atoms with van der Waals surface area (Å²) in [6.07, 6.45) is 16.7. The van der Waals surface area contributed by atoms with Crippen LogP contribution in [-0.2, 0) is 12.8 Å². The Balaban J connectivity index is 0.000000152. The van der Waals surface area contributed by atoms with Gasteiger partial charge >= 0.3 is 0 Å². The molecule has 6 heterocycles. The van der Waals surface area contributed by atoms with E-state index in [2.05, 4.69) is 96.4 Å². The van der Waals surface area contributed by atoms with Gasteiger partial charge in [0, 0.05) is 43.8 Å². The maximum Gasteiger partial charge on any atom is 0.274 e. The van der Waals surface area contributed by atoms with Crippen molar-refractivity contribution in [1.29, 1.82) is 0 Å². The summed E-state index contributed by atoms with van der Waals surface area (Å²) in [5, 5.41) is 9.40. The second-order valence-electron chi connectivity index (χ2n) is 14.3. The Labute approximate surface area is 322 Å². The lowest BCUT2D eigenvalue weighted by Gasteiger charge is -2.42. The van der Waals surface area contributed by atoms with E-state index in [0.717, 1.165) is 43.2 Å². The lowest BCUT2D eigenvalue weighted by molar-refractivity contribution is 0.0533. The highest BCUT2D eigenvalue weighted by molar-refractivity contribution is 9.10. The number of hydrogen-bond donors (Lipinski definition) is 0. The van der Waals surface area contributed by atoms with Crippen molar-refractivity contribution >= 4 is 50.6 Å². The standard InChI is InChI=1S/C22H23ClN4O.C19H19BrN4O/c23-17-13-24-20-12-19(25-27(20)14-17)22(28)26-11-10-15-6-4-5-9-18(15)21(26)16-7-2-1-3-8-16;1-2-5-17-15-7-4-3-6-13(15)8-9-23(17)19(25)16-10-18-21-11-14(20)12-24(18)22-16/h4-6,9,12-14,16,21H,1-3,7-8,10-11H2;3-4,6-7,10-12,17H,2,5,8-9H2,1H3. The van der Waals surface area contributed by atoms with Gasteiger partial charge in [-0.1, -0.05) is 92.7 Å². The minimum absolute atomic E-state index is 0.00769. The third-order valence-electron chi connectivity index (χ3n) is 10.9. The van der Waals surface area contributed by atoms with Gasteiger partial charge in [-0.3, -0.25) is 9.59 Å². The molecule has 1 saturated carbocycles. The summed E-state index contributed by atoms with van der Waals surface area (Å²) in [7, 11) is 0. The van der Waals surface area contributed by atoms with E-state index in [4.69, 9.17) is 11.6 Å². The Kier molecular flexibility index (Phi) is 10.3. The summed E-state index contributed by atoms with van der Waals surface area (Å²) in [5.41, 5.74) is 7.53. The van der Waals surface area contributed by atoms with Crippen molar-refractivity contribution in [1.82, 2.24) is 39.0 Å². The van der Waals surface area contributed by atoms with Crippen LogP contribution in [0.3, 0.4) is 0 Å². The van der Waals surface area contributed by atoms with Gasteiger partial charge in [-0.25, -0.2) is 19.0 Å². The highest BCUT2D eigenvalue weighted by Crippen LogP contribution is 2.42. The highest BCUT2D eigenvalue weighted by atomic mass is 79.9. The van der Waals surface area contributed by atoms with Gasteiger partial charge in [0.25, 0.3) is 11.8 Å². The Morgan fingerprint density at radius 2 is 1.36 bits per heavy atom. The molecule has 9 rings (SSSR count). The van der Waals surface area contributed by atoms with Crippen molar-refractivity contribution < 1.29 is 9.59 Å². The number of carbonyl (C=O) groups is 2. The number of aromatic nitrogens is 6. The molecule has 272 valence electrons. The second kappa shape index (κ2) is 15.4. The molecule has 0 N–H and O–H groups in total. The molecule has 53 heavy (non-hydrogen) atoms. The predicted octanol–water partition coefficient (Wildman–Crippen LogP) is 8.73. The molecular formula is C41H42BrClN8O2. The zero-order valence-electron chi connectivity index (χ0n) is 29.7. The minimum atomic E-state index is -0.0189. The summed E-state index contributed by atoms with van der Waals surface area (Å²) in [4.78, 5) is 39.3. The van der Waals surface area contributed by atoms with E-state index in [-0.39, 0.29) is 23.9 Å². The molecule has 2 atom stereocenters. The molecule has 0 bridgehead atoms. The minimum Gasteiger partial charge on any atom is -0.330 e. The van der Waals surface area contributed by atoms with Crippen molar-refractivity contribution in [3.63, 3.8) is 0 Å². The average molecular weight is 794 g/mol. The fourth-order valence-corrected chi connectivity index (χ4v) is 8.91. The predicted molar refractivity (Wildman–Crippen MR) is 208 cm³/mol. The maximum absolute atomic E-state index is 13.5. The van der Waals surface area contributed by atoms with Crippen molar-refractivity contribution in [2.24, 2.45) is 5.92 Å². The topological polar surface area (TPSA) is 101 Å². The maximum atomic E-state index is 13.5.